The van der Waals surface area contributed by atoms with Crippen molar-refractivity contribution in [3.63, 3.8) is 0 Å². The summed E-state index contributed by atoms with van der Waals surface area (Å²) in [6.07, 6.45) is 2.23. The zero-order valence-corrected chi connectivity index (χ0v) is 25.1. The summed E-state index contributed by atoms with van der Waals surface area (Å²) in [7, 11) is 3.95. The van der Waals surface area contributed by atoms with E-state index in [1.54, 1.807) is 18.7 Å². The van der Waals surface area contributed by atoms with E-state index in [9.17, 15) is 14.4 Å². The Hall–Kier alpha value is -2.45. The van der Waals surface area contributed by atoms with Gasteiger partial charge >= 0.3 is 0 Å². The van der Waals surface area contributed by atoms with Crippen LogP contribution in [0.15, 0.2) is 24.3 Å². The van der Waals surface area contributed by atoms with Crippen LogP contribution in [-0.4, -0.2) is 84.5 Å². The van der Waals surface area contributed by atoms with Gasteiger partial charge in [0.15, 0.2) is 0 Å². The quantitative estimate of drug-likeness (QED) is 0.345. The summed E-state index contributed by atoms with van der Waals surface area (Å²) in [5, 5.41) is 3.13. The van der Waals surface area contributed by atoms with Crippen LogP contribution in [0.5, 0.6) is 0 Å². The first-order chi connectivity index (χ1) is 17.9. The second kappa shape index (κ2) is 13.6. The molecule has 1 N–H and O–H groups in total. The van der Waals surface area contributed by atoms with Gasteiger partial charge in [-0.2, -0.15) is 0 Å². The number of carbonyl (C=O) groups is 3. The summed E-state index contributed by atoms with van der Waals surface area (Å²) in [6.45, 7) is 15.4. The van der Waals surface area contributed by atoms with Crippen LogP contribution in [0.2, 0.25) is 0 Å². The van der Waals surface area contributed by atoms with Gasteiger partial charge in [0.25, 0.3) is 5.91 Å². The Balaban J connectivity index is 2.21. The number of likely N-dealkylation sites (tertiary alicyclic amines) is 1. The number of benzene rings is 1. The molecule has 0 bridgehead atoms. The van der Waals surface area contributed by atoms with E-state index in [2.05, 4.69) is 12.2 Å². The van der Waals surface area contributed by atoms with Crippen LogP contribution in [-0.2, 0) is 19.1 Å². The predicted molar refractivity (Wildman–Crippen MR) is 151 cm³/mol. The number of aryl methyl sites for hydroxylation is 1. The van der Waals surface area contributed by atoms with E-state index in [1.165, 1.54) is 4.90 Å². The van der Waals surface area contributed by atoms with Crippen LogP contribution in [0.4, 0.5) is 0 Å². The summed E-state index contributed by atoms with van der Waals surface area (Å²) in [6, 6.07) is 8.04. The molecular formula is C30H50N4O4. The maximum atomic E-state index is 13.5. The number of carbonyl (C=O) groups excluding carboxylic acids is 3. The molecule has 0 aromatic heterocycles. The molecule has 214 valence electrons. The minimum Gasteiger partial charge on any atom is -0.348 e. The number of hydrogen-bond donors (Lipinski definition) is 1. The third-order valence-electron chi connectivity index (χ3n) is 7.82. The normalized spacial score (nSPS) is 17.8. The fourth-order valence-electron chi connectivity index (χ4n) is 5.20. The predicted octanol–water partition coefficient (Wildman–Crippen LogP) is 4.13. The number of ether oxygens (including phenoxy) is 1. The highest BCUT2D eigenvalue weighted by Gasteiger charge is 2.61. The summed E-state index contributed by atoms with van der Waals surface area (Å²) in [5.74, 6) is -0.431. The molecule has 0 aliphatic carbocycles. The number of amides is 3. The lowest BCUT2D eigenvalue weighted by atomic mass is 9.71. The number of likely N-dealkylation sites (N-methyl/N-ethyl adjacent to an activating group) is 2. The Labute approximate surface area is 230 Å². The molecule has 38 heavy (non-hydrogen) atoms. The topological polar surface area (TPSA) is 82.2 Å². The zero-order chi connectivity index (χ0) is 28.7. The van der Waals surface area contributed by atoms with E-state index in [1.807, 2.05) is 71.0 Å². The molecule has 1 aliphatic rings. The standard InChI is InChI=1S/C30H50N4O4/c1-10-14-24(23-17-15-22(5)16-18-23)31-25(35)21-34-27(37)30(11-2,12-3)28(34)38-29(6,7)26(36)33(13-4)20-19-32(8)9/h15-18,24,28H,10-14,19-21H2,1-9H3,(H,31,35)/t24-,28+/m1/s1. The molecule has 0 unspecified atom stereocenters. The molecule has 1 heterocycles. The minimum atomic E-state index is -1.15. The average Bonchev–Trinajstić information content (AvgIpc) is 2.88. The van der Waals surface area contributed by atoms with Crippen molar-refractivity contribution in [2.24, 2.45) is 5.41 Å². The molecule has 1 saturated heterocycles. The second-order valence-electron chi connectivity index (χ2n) is 11.3. The Bertz CT molecular complexity index is 940. The van der Waals surface area contributed by atoms with Crippen LogP contribution >= 0.6 is 0 Å². The van der Waals surface area contributed by atoms with E-state index in [-0.39, 0.29) is 30.3 Å². The molecular weight excluding hydrogens is 480 g/mol. The monoisotopic (exact) mass is 530 g/mol. The van der Waals surface area contributed by atoms with Crippen molar-refractivity contribution in [3.8, 4) is 0 Å². The van der Waals surface area contributed by atoms with Crippen molar-refractivity contribution in [2.75, 3.05) is 40.3 Å². The number of rotatable bonds is 15. The average molecular weight is 531 g/mol. The van der Waals surface area contributed by atoms with Crippen LogP contribution in [0.3, 0.4) is 0 Å². The maximum absolute atomic E-state index is 13.5. The maximum Gasteiger partial charge on any atom is 0.254 e. The van der Waals surface area contributed by atoms with E-state index in [0.717, 1.165) is 30.5 Å². The van der Waals surface area contributed by atoms with Crippen molar-refractivity contribution in [1.82, 2.24) is 20.0 Å². The van der Waals surface area contributed by atoms with Crippen LogP contribution < -0.4 is 5.32 Å². The van der Waals surface area contributed by atoms with Gasteiger partial charge in [-0.1, -0.05) is 57.0 Å². The van der Waals surface area contributed by atoms with E-state index >= 15 is 0 Å². The summed E-state index contributed by atoms with van der Waals surface area (Å²) < 4.78 is 6.48. The molecule has 8 heteroatoms. The first-order valence-corrected chi connectivity index (χ1v) is 14.2. The minimum absolute atomic E-state index is 0.0896. The van der Waals surface area contributed by atoms with E-state index in [4.69, 9.17) is 4.74 Å². The SMILES string of the molecule is CCC[C@@H](NC(=O)CN1C(=O)C(CC)(CC)[C@@H]1OC(C)(C)C(=O)N(CC)CCN(C)C)c1ccc(C)cc1. The lowest BCUT2D eigenvalue weighted by Crippen LogP contribution is -2.72. The van der Waals surface area contributed by atoms with Gasteiger partial charge in [0.05, 0.1) is 11.5 Å². The van der Waals surface area contributed by atoms with Gasteiger partial charge in [-0.25, -0.2) is 0 Å². The number of hydrogen-bond acceptors (Lipinski definition) is 5. The molecule has 2 rings (SSSR count). The highest BCUT2D eigenvalue weighted by Crippen LogP contribution is 2.47. The molecule has 1 aliphatic heterocycles. The molecule has 1 aromatic carbocycles. The summed E-state index contributed by atoms with van der Waals surface area (Å²) >= 11 is 0. The van der Waals surface area contributed by atoms with E-state index in [0.29, 0.717) is 25.9 Å². The van der Waals surface area contributed by atoms with Crippen molar-refractivity contribution in [2.45, 2.75) is 92.0 Å². The first-order valence-electron chi connectivity index (χ1n) is 14.2. The number of nitrogens with one attached hydrogen (secondary N) is 1. The van der Waals surface area contributed by atoms with Gasteiger partial charge in [0.2, 0.25) is 11.8 Å². The molecule has 0 saturated carbocycles. The Morgan fingerprint density at radius 1 is 1.08 bits per heavy atom. The van der Waals surface area contributed by atoms with Gasteiger partial charge in [0, 0.05) is 19.6 Å². The van der Waals surface area contributed by atoms with Gasteiger partial charge in [-0.15, -0.1) is 0 Å². The second-order valence-corrected chi connectivity index (χ2v) is 11.3. The number of β-lactam (4-membered cyclic amide) rings is 1. The fourth-order valence-corrected chi connectivity index (χ4v) is 5.20. The fraction of sp³-hybridized carbons (Fsp3) is 0.700. The molecule has 1 aromatic rings. The van der Waals surface area contributed by atoms with Crippen molar-refractivity contribution < 1.29 is 19.1 Å². The van der Waals surface area contributed by atoms with Crippen LogP contribution in [0.25, 0.3) is 0 Å². The third kappa shape index (κ3) is 7.14. The van der Waals surface area contributed by atoms with Gasteiger partial charge in [-0.3, -0.25) is 14.4 Å². The van der Waals surface area contributed by atoms with E-state index < -0.39 is 17.2 Å². The Kier molecular flexibility index (Phi) is 11.3. The van der Waals surface area contributed by atoms with Gasteiger partial charge < -0.3 is 24.8 Å². The van der Waals surface area contributed by atoms with Crippen molar-refractivity contribution in [1.29, 1.82) is 0 Å². The Morgan fingerprint density at radius 2 is 1.68 bits per heavy atom. The van der Waals surface area contributed by atoms with Crippen molar-refractivity contribution >= 4 is 17.7 Å². The molecule has 2 atom stereocenters. The summed E-state index contributed by atoms with van der Waals surface area (Å²) in [5.41, 5.74) is 0.328. The number of nitrogens with zero attached hydrogens (tertiary/aromatic N) is 3. The smallest absolute Gasteiger partial charge is 0.254 e. The van der Waals surface area contributed by atoms with Gasteiger partial charge in [-0.05, 0) is 66.6 Å². The van der Waals surface area contributed by atoms with Crippen LogP contribution in [0, 0.1) is 12.3 Å². The highest BCUT2D eigenvalue weighted by molar-refractivity contribution is 5.94. The molecule has 0 radical (unpaired) electrons. The van der Waals surface area contributed by atoms with Crippen LogP contribution in [0.1, 0.15) is 84.4 Å². The largest absolute Gasteiger partial charge is 0.348 e. The molecule has 8 nitrogen and oxygen atoms in total. The lowest BCUT2D eigenvalue weighted by molar-refractivity contribution is -0.249. The summed E-state index contributed by atoms with van der Waals surface area (Å²) in [4.78, 5) is 45.4. The van der Waals surface area contributed by atoms with Gasteiger partial charge in [0.1, 0.15) is 18.4 Å². The molecule has 1 fully saturated rings. The molecule has 0 spiro atoms. The highest BCUT2D eigenvalue weighted by atomic mass is 16.5. The zero-order valence-electron chi connectivity index (χ0n) is 25.1. The third-order valence-corrected chi connectivity index (χ3v) is 7.82. The molecule has 3 amide bonds. The van der Waals surface area contributed by atoms with Crippen molar-refractivity contribution in [3.05, 3.63) is 35.4 Å². The Morgan fingerprint density at radius 3 is 2.18 bits per heavy atom. The first kappa shape index (κ1) is 31.8. The lowest BCUT2D eigenvalue weighted by Gasteiger charge is -2.56.